The molecule has 4 aliphatic rings. The second-order valence-corrected chi connectivity index (χ2v) is 10.0. The SMILES string of the molecule is CCN1C(=O)[C@H]2[C@H](CC=C3[C@H](C=Cc4ccc(O)c(OC)c4)C4=C(C[C@H]32)C(=O)C(Br)=CC4=O)C1=O. The van der Waals surface area contributed by atoms with E-state index in [4.69, 9.17) is 4.74 Å². The van der Waals surface area contributed by atoms with Crippen LogP contribution >= 0.6 is 15.9 Å². The molecule has 5 rings (SSSR count). The smallest absolute Gasteiger partial charge is 0.233 e. The molecule has 1 fully saturated rings. The van der Waals surface area contributed by atoms with Crippen molar-refractivity contribution in [2.75, 3.05) is 13.7 Å². The zero-order chi connectivity index (χ0) is 25.0. The second kappa shape index (κ2) is 8.75. The Bertz CT molecular complexity index is 1300. The highest BCUT2D eigenvalue weighted by atomic mass is 79.9. The Morgan fingerprint density at radius 3 is 2.66 bits per heavy atom. The molecule has 1 saturated heterocycles. The predicted molar refractivity (Wildman–Crippen MR) is 131 cm³/mol. The molecule has 1 aliphatic heterocycles. The fourth-order valence-electron chi connectivity index (χ4n) is 5.87. The highest BCUT2D eigenvalue weighted by Crippen LogP contribution is 2.52. The summed E-state index contributed by atoms with van der Waals surface area (Å²) in [4.78, 5) is 53.6. The van der Waals surface area contributed by atoms with E-state index in [0.717, 1.165) is 11.1 Å². The van der Waals surface area contributed by atoms with Crippen molar-refractivity contribution < 1.29 is 29.0 Å². The lowest BCUT2D eigenvalue weighted by atomic mass is 9.61. The van der Waals surface area contributed by atoms with Crippen molar-refractivity contribution in [1.29, 1.82) is 0 Å². The van der Waals surface area contributed by atoms with E-state index in [2.05, 4.69) is 15.9 Å². The predicted octanol–water partition coefficient (Wildman–Crippen LogP) is 3.73. The van der Waals surface area contributed by atoms with Gasteiger partial charge in [0.05, 0.1) is 23.4 Å². The average molecular weight is 538 g/mol. The molecule has 4 atom stereocenters. The van der Waals surface area contributed by atoms with E-state index in [0.29, 0.717) is 29.9 Å². The molecule has 7 nitrogen and oxygen atoms in total. The molecule has 1 N–H and O–H groups in total. The molecule has 1 heterocycles. The summed E-state index contributed by atoms with van der Waals surface area (Å²) in [6, 6.07) is 4.92. The number of aromatic hydroxyl groups is 1. The van der Waals surface area contributed by atoms with E-state index < -0.39 is 17.8 Å². The summed E-state index contributed by atoms with van der Waals surface area (Å²) < 4.78 is 5.40. The number of benzene rings is 1. The Hall–Kier alpha value is -3.26. The molecule has 35 heavy (non-hydrogen) atoms. The van der Waals surface area contributed by atoms with Crippen molar-refractivity contribution in [3.63, 3.8) is 0 Å². The summed E-state index contributed by atoms with van der Waals surface area (Å²) in [5.74, 6) is -2.32. The maximum absolute atomic E-state index is 13.2. The van der Waals surface area contributed by atoms with Crippen molar-refractivity contribution in [2.24, 2.45) is 23.7 Å². The van der Waals surface area contributed by atoms with Crippen LogP contribution < -0.4 is 4.74 Å². The minimum absolute atomic E-state index is 0.0151. The number of likely N-dealkylation sites (tertiary alicyclic amines) is 1. The minimum atomic E-state index is -0.534. The van der Waals surface area contributed by atoms with Crippen LogP contribution in [-0.4, -0.2) is 47.0 Å². The Morgan fingerprint density at radius 2 is 1.94 bits per heavy atom. The van der Waals surface area contributed by atoms with E-state index in [1.54, 1.807) is 19.1 Å². The Kier molecular flexibility index (Phi) is 5.87. The monoisotopic (exact) mass is 537 g/mol. The summed E-state index contributed by atoms with van der Waals surface area (Å²) in [5.41, 5.74) is 2.47. The lowest BCUT2D eigenvalue weighted by molar-refractivity contribution is -0.139. The number of carbonyl (C=O) groups excluding carboxylic acids is 4. The third-order valence-corrected chi connectivity index (χ3v) is 8.06. The van der Waals surface area contributed by atoms with Gasteiger partial charge >= 0.3 is 0 Å². The summed E-state index contributed by atoms with van der Waals surface area (Å²) >= 11 is 3.22. The number of amides is 2. The fraction of sp³-hybridized carbons (Fsp3) is 0.333. The highest BCUT2D eigenvalue weighted by molar-refractivity contribution is 9.12. The van der Waals surface area contributed by atoms with Crippen LogP contribution in [0.3, 0.4) is 0 Å². The number of Topliss-reactive ketones (excluding diaryl/α,β-unsaturated/α-hetero) is 1. The van der Waals surface area contributed by atoms with Gasteiger partial charge in [0.15, 0.2) is 23.1 Å². The van der Waals surface area contributed by atoms with Crippen LogP contribution in [0.5, 0.6) is 11.5 Å². The van der Waals surface area contributed by atoms with Gasteiger partial charge in [-0.2, -0.15) is 0 Å². The number of halogens is 1. The average Bonchev–Trinajstić information content (AvgIpc) is 3.10. The van der Waals surface area contributed by atoms with Gasteiger partial charge in [0, 0.05) is 29.7 Å². The van der Waals surface area contributed by atoms with Gasteiger partial charge in [-0.05, 0) is 59.3 Å². The molecule has 0 unspecified atom stereocenters. The Morgan fingerprint density at radius 1 is 1.17 bits per heavy atom. The third-order valence-electron chi connectivity index (χ3n) is 7.47. The number of methoxy groups -OCH3 is 1. The minimum Gasteiger partial charge on any atom is -0.504 e. The van der Waals surface area contributed by atoms with Gasteiger partial charge in [0.2, 0.25) is 11.8 Å². The molecule has 0 saturated carbocycles. The van der Waals surface area contributed by atoms with Crippen LogP contribution in [0.25, 0.3) is 6.08 Å². The first-order chi connectivity index (χ1) is 16.8. The first-order valence-corrected chi connectivity index (χ1v) is 12.4. The molecular weight excluding hydrogens is 514 g/mol. The topological polar surface area (TPSA) is 101 Å². The molecule has 1 aromatic carbocycles. The van der Waals surface area contributed by atoms with Crippen molar-refractivity contribution in [3.05, 3.63) is 63.2 Å². The molecule has 0 spiro atoms. The third kappa shape index (κ3) is 3.62. The number of hydrogen-bond acceptors (Lipinski definition) is 6. The van der Waals surface area contributed by atoms with Crippen LogP contribution in [0, 0.1) is 23.7 Å². The number of fused-ring (bicyclic) bond motifs is 3. The molecule has 0 aromatic heterocycles. The zero-order valence-corrected chi connectivity index (χ0v) is 20.9. The van der Waals surface area contributed by atoms with Crippen LogP contribution in [0.1, 0.15) is 25.3 Å². The van der Waals surface area contributed by atoms with E-state index in [1.165, 1.54) is 24.2 Å². The number of phenols is 1. The fourth-order valence-corrected chi connectivity index (χ4v) is 6.31. The van der Waals surface area contributed by atoms with Crippen molar-refractivity contribution in [1.82, 2.24) is 4.90 Å². The van der Waals surface area contributed by atoms with Crippen LogP contribution in [0.15, 0.2) is 57.6 Å². The number of nitrogens with zero attached hydrogens (tertiary/aromatic N) is 1. The maximum Gasteiger partial charge on any atom is 0.233 e. The molecule has 0 radical (unpaired) electrons. The van der Waals surface area contributed by atoms with E-state index in [9.17, 15) is 24.3 Å². The number of ketones is 2. The van der Waals surface area contributed by atoms with Gasteiger partial charge in [0.1, 0.15) is 0 Å². The van der Waals surface area contributed by atoms with Gasteiger partial charge in [-0.3, -0.25) is 24.1 Å². The number of allylic oxidation sites excluding steroid dienone is 7. The van der Waals surface area contributed by atoms with E-state index in [1.807, 2.05) is 18.2 Å². The lowest BCUT2D eigenvalue weighted by Gasteiger charge is -2.41. The first-order valence-electron chi connectivity index (χ1n) is 11.6. The summed E-state index contributed by atoms with van der Waals surface area (Å²) in [7, 11) is 1.46. The van der Waals surface area contributed by atoms with Crippen molar-refractivity contribution in [3.8, 4) is 11.5 Å². The lowest BCUT2D eigenvalue weighted by Crippen LogP contribution is -2.39. The van der Waals surface area contributed by atoms with Gasteiger partial charge in [-0.1, -0.05) is 29.9 Å². The largest absolute Gasteiger partial charge is 0.504 e. The molecule has 180 valence electrons. The van der Waals surface area contributed by atoms with Crippen LogP contribution in [0.4, 0.5) is 0 Å². The first kappa shape index (κ1) is 23.5. The van der Waals surface area contributed by atoms with Gasteiger partial charge in [-0.25, -0.2) is 0 Å². The molecule has 0 bridgehead atoms. The van der Waals surface area contributed by atoms with E-state index >= 15 is 0 Å². The number of phenolic OH excluding ortho intramolecular Hbond substituents is 1. The number of imide groups is 1. The Labute approximate surface area is 210 Å². The number of ether oxygens (including phenoxy) is 1. The maximum atomic E-state index is 13.2. The van der Waals surface area contributed by atoms with Crippen molar-refractivity contribution >= 4 is 45.4 Å². The highest BCUT2D eigenvalue weighted by Gasteiger charge is 2.55. The summed E-state index contributed by atoms with van der Waals surface area (Å²) in [5, 5.41) is 9.90. The molecule has 3 aliphatic carbocycles. The van der Waals surface area contributed by atoms with E-state index in [-0.39, 0.29) is 46.0 Å². The number of hydrogen-bond donors (Lipinski definition) is 1. The normalized spacial score (nSPS) is 28.1. The van der Waals surface area contributed by atoms with Gasteiger partial charge < -0.3 is 9.84 Å². The number of carbonyl (C=O) groups is 4. The van der Waals surface area contributed by atoms with Crippen molar-refractivity contribution in [2.45, 2.75) is 19.8 Å². The molecule has 2 amide bonds. The molecular formula is C27H24BrNO6. The molecule has 8 heteroatoms. The molecule has 1 aromatic rings. The summed E-state index contributed by atoms with van der Waals surface area (Å²) in [6.45, 7) is 2.10. The van der Waals surface area contributed by atoms with Gasteiger partial charge in [0.25, 0.3) is 0 Å². The van der Waals surface area contributed by atoms with Gasteiger partial charge in [-0.15, -0.1) is 0 Å². The second-order valence-electron chi connectivity index (χ2n) is 9.15. The quantitative estimate of drug-likeness (QED) is 0.356. The summed E-state index contributed by atoms with van der Waals surface area (Å²) in [6.07, 6.45) is 7.65. The zero-order valence-electron chi connectivity index (χ0n) is 19.3. The van der Waals surface area contributed by atoms with Crippen LogP contribution in [0.2, 0.25) is 0 Å². The Balaban J connectivity index is 1.61. The number of rotatable bonds is 4. The standard InChI is InChI=1S/C27H24BrNO6/c1-3-29-26(33)16-8-7-14-15(6-4-13-5-9-20(30)22(10-13)35-2)23-18(11-17(14)24(16)27(29)34)25(32)19(28)12-21(23)31/h4-7,9-10,12,15-17,24,30H,3,8,11H2,1-2H3/t15-,16-,17+,24-/m0/s1. The van der Waals surface area contributed by atoms with Crippen LogP contribution in [-0.2, 0) is 19.2 Å².